The second kappa shape index (κ2) is 5.37. The third kappa shape index (κ3) is 2.58. The summed E-state index contributed by atoms with van der Waals surface area (Å²) in [5.41, 5.74) is 1.66. The largest absolute Gasteiger partial charge is 0.367 e. The van der Waals surface area contributed by atoms with E-state index < -0.39 is 0 Å². The first-order valence-corrected chi connectivity index (χ1v) is 7.08. The molecule has 1 amide bonds. The van der Waals surface area contributed by atoms with E-state index >= 15 is 0 Å². The SMILES string of the molecule is Cc1cn(C)c([C@H]2CN(C(=O)c3cccn3C)CCO2)n1. The fourth-order valence-electron chi connectivity index (χ4n) is 2.77. The summed E-state index contributed by atoms with van der Waals surface area (Å²) in [4.78, 5) is 18.9. The smallest absolute Gasteiger partial charge is 0.270 e. The molecule has 2 aromatic heterocycles. The van der Waals surface area contributed by atoms with Crippen molar-refractivity contribution in [3.63, 3.8) is 0 Å². The van der Waals surface area contributed by atoms with Crippen LogP contribution in [0.5, 0.6) is 0 Å². The second-order valence-corrected chi connectivity index (χ2v) is 5.47. The van der Waals surface area contributed by atoms with Crippen molar-refractivity contribution in [2.24, 2.45) is 14.1 Å². The predicted molar refractivity (Wildman–Crippen MR) is 78.0 cm³/mol. The quantitative estimate of drug-likeness (QED) is 0.836. The number of carbonyl (C=O) groups is 1. The Balaban J connectivity index is 1.79. The number of hydrogen-bond acceptors (Lipinski definition) is 3. The third-order valence-corrected chi connectivity index (χ3v) is 3.84. The number of nitrogens with zero attached hydrogens (tertiary/aromatic N) is 4. The maximum absolute atomic E-state index is 12.6. The Hall–Kier alpha value is -2.08. The van der Waals surface area contributed by atoms with Crippen LogP contribution in [0.3, 0.4) is 0 Å². The van der Waals surface area contributed by atoms with Crippen LogP contribution >= 0.6 is 0 Å². The molecule has 1 atom stereocenters. The molecule has 1 aliphatic heterocycles. The van der Waals surface area contributed by atoms with Crippen LogP contribution in [0.2, 0.25) is 0 Å². The minimum absolute atomic E-state index is 0.0433. The van der Waals surface area contributed by atoms with Crippen molar-refractivity contribution in [1.29, 1.82) is 0 Å². The average molecular weight is 288 g/mol. The summed E-state index contributed by atoms with van der Waals surface area (Å²) in [5, 5.41) is 0. The van der Waals surface area contributed by atoms with E-state index in [-0.39, 0.29) is 12.0 Å². The van der Waals surface area contributed by atoms with Crippen LogP contribution < -0.4 is 0 Å². The molecule has 0 bridgehead atoms. The highest BCUT2D eigenvalue weighted by molar-refractivity contribution is 5.92. The lowest BCUT2D eigenvalue weighted by molar-refractivity contribution is -0.0282. The molecule has 0 unspecified atom stereocenters. The highest BCUT2D eigenvalue weighted by Crippen LogP contribution is 2.22. The maximum Gasteiger partial charge on any atom is 0.270 e. The van der Waals surface area contributed by atoms with E-state index in [2.05, 4.69) is 4.98 Å². The Morgan fingerprint density at radius 2 is 2.19 bits per heavy atom. The molecule has 3 rings (SSSR count). The normalized spacial score (nSPS) is 19.0. The Morgan fingerprint density at radius 3 is 2.81 bits per heavy atom. The number of carbonyl (C=O) groups excluding carboxylic acids is 1. The van der Waals surface area contributed by atoms with E-state index in [1.165, 1.54) is 0 Å². The molecule has 0 N–H and O–H groups in total. The van der Waals surface area contributed by atoms with E-state index in [4.69, 9.17) is 4.74 Å². The maximum atomic E-state index is 12.6. The zero-order valence-corrected chi connectivity index (χ0v) is 12.6. The van der Waals surface area contributed by atoms with Gasteiger partial charge in [0.25, 0.3) is 5.91 Å². The number of hydrogen-bond donors (Lipinski definition) is 0. The Morgan fingerprint density at radius 1 is 1.38 bits per heavy atom. The predicted octanol–water partition coefficient (Wildman–Crippen LogP) is 1.28. The van der Waals surface area contributed by atoms with Crippen molar-refractivity contribution in [3.05, 3.63) is 41.7 Å². The molecule has 0 aromatic carbocycles. The number of aromatic nitrogens is 3. The lowest BCUT2D eigenvalue weighted by Gasteiger charge is -2.32. The first kappa shape index (κ1) is 13.9. The number of rotatable bonds is 2. The van der Waals surface area contributed by atoms with Gasteiger partial charge in [-0.15, -0.1) is 0 Å². The molecule has 2 aromatic rings. The Bertz CT molecular complexity index is 658. The fraction of sp³-hybridized carbons (Fsp3) is 0.467. The highest BCUT2D eigenvalue weighted by atomic mass is 16.5. The third-order valence-electron chi connectivity index (χ3n) is 3.84. The van der Waals surface area contributed by atoms with E-state index in [9.17, 15) is 4.79 Å². The first-order valence-electron chi connectivity index (χ1n) is 7.08. The molecule has 1 aliphatic rings. The van der Waals surface area contributed by atoms with Gasteiger partial charge < -0.3 is 18.8 Å². The molecule has 0 spiro atoms. The van der Waals surface area contributed by atoms with Crippen LogP contribution in [0.15, 0.2) is 24.5 Å². The number of amides is 1. The van der Waals surface area contributed by atoms with Crippen LogP contribution in [-0.4, -0.2) is 44.6 Å². The van der Waals surface area contributed by atoms with Crippen molar-refractivity contribution >= 4 is 5.91 Å². The number of ether oxygens (including phenoxy) is 1. The van der Waals surface area contributed by atoms with Crippen LogP contribution in [0.25, 0.3) is 0 Å². The molecule has 6 nitrogen and oxygen atoms in total. The van der Waals surface area contributed by atoms with Gasteiger partial charge in [-0.1, -0.05) is 0 Å². The summed E-state index contributed by atoms with van der Waals surface area (Å²) in [6.45, 7) is 3.64. The molecule has 0 radical (unpaired) electrons. The molecule has 6 heteroatoms. The van der Waals surface area contributed by atoms with Crippen molar-refractivity contribution in [2.45, 2.75) is 13.0 Å². The molecule has 0 saturated carbocycles. The first-order chi connectivity index (χ1) is 10.1. The van der Waals surface area contributed by atoms with Crippen LogP contribution in [0.1, 0.15) is 28.1 Å². The van der Waals surface area contributed by atoms with Gasteiger partial charge in [0.1, 0.15) is 17.6 Å². The molecule has 3 heterocycles. The summed E-state index contributed by atoms with van der Waals surface area (Å²) in [6.07, 6.45) is 3.69. The fourth-order valence-corrected chi connectivity index (χ4v) is 2.77. The minimum atomic E-state index is -0.165. The van der Waals surface area contributed by atoms with Gasteiger partial charge >= 0.3 is 0 Å². The molecule has 21 heavy (non-hydrogen) atoms. The van der Waals surface area contributed by atoms with E-state index in [1.807, 2.05) is 59.6 Å². The average Bonchev–Trinajstić information content (AvgIpc) is 3.03. The lowest BCUT2D eigenvalue weighted by atomic mass is 10.2. The summed E-state index contributed by atoms with van der Waals surface area (Å²) in [7, 11) is 3.84. The molecule has 1 saturated heterocycles. The van der Waals surface area contributed by atoms with Gasteiger partial charge in [0.05, 0.1) is 18.8 Å². The van der Waals surface area contributed by atoms with Gasteiger partial charge in [0.15, 0.2) is 0 Å². The van der Waals surface area contributed by atoms with Gasteiger partial charge in [-0.25, -0.2) is 4.98 Å². The lowest BCUT2D eigenvalue weighted by Crippen LogP contribution is -2.43. The summed E-state index contributed by atoms with van der Waals surface area (Å²) in [6, 6.07) is 3.73. The van der Waals surface area contributed by atoms with Gasteiger partial charge in [-0.2, -0.15) is 0 Å². The summed E-state index contributed by atoms with van der Waals surface area (Å²) >= 11 is 0. The molecule has 112 valence electrons. The monoisotopic (exact) mass is 288 g/mol. The summed E-state index contributed by atoms with van der Waals surface area (Å²) in [5.74, 6) is 0.915. The van der Waals surface area contributed by atoms with Gasteiger partial charge in [-0.05, 0) is 19.1 Å². The van der Waals surface area contributed by atoms with E-state index in [0.29, 0.717) is 25.4 Å². The Kier molecular flexibility index (Phi) is 3.55. The molecular weight excluding hydrogens is 268 g/mol. The van der Waals surface area contributed by atoms with Crippen LogP contribution in [-0.2, 0) is 18.8 Å². The topological polar surface area (TPSA) is 52.3 Å². The van der Waals surface area contributed by atoms with E-state index in [0.717, 1.165) is 11.5 Å². The molecule has 0 aliphatic carbocycles. The van der Waals surface area contributed by atoms with Gasteiger partial charge in [0, 0.05) is 33.0 Å². The number of aryl methyl sites for hydroxylation is 3. The highest BCUT2D eigenvalue weighted by Gasteiger charge is 2.29. The van der Waals surface area contributed by atoms with Gasteiger partial charge in [-0.3, -0.25) is 4.79 Å². The van der Waals surface area contributed by atoms with Crippen molar-refractivity contribution in [1.82, 2.24) is 19.0 Å². The van der Waals surface area contributed by atoms with Crippen molar-refractivity contribution in [3.8, 4) is 0 Å². The zero-order valence-electron chi connectivity index (χ0n) is 12.6. The zero-order chi connectivity index (χ0) is 15.0. The minimum Gasteiger partial charge on any atom is -0.367 e. The molecular formula is C15H20N4O2. The standard InChI is InChI=1S/C15H20N4O2/c1-11-9-18(3)14(16-11)13-10-19(7-8-21-13)15(20)12-5-4-6-17(12)2/h4-6,9,13H,7-8,10H2,1-3H3/t13-/m1/s1. The Labute approximate surface area is 123 Å². The molecule has 1 fully saturated rings. The van der Waals surface area contributed by atoms with E-state index in [1.54, 1.807) is 0 Å². The number of imidazole rings is 1. The van der Waals surface area contributed by atoms with Crippen molar-refractivity contribution < 1.29 is 9.53 Å². The van der Waals surface area contributed by atoms with Crippen LogP contribution in [0, 0.1) is 6.92 Å². The second-order valence-electron chi connectivity index (χ2n) is 5.47. The van der Waals surface area contributed by atoms with Crippen LogP contribution in [0.4, 0.5) is 0 Å². The van der Waals surface area contributed by atoms with Gasteiger partial charge in [0.2, 0.25) is 0 Å². The van der Waals surface area contributed by atoms with Crippen molar-refractivity contribution in [2.75, 3.05) is 19.7 Å². The number of morpholine rings is 1. The summed E-state index contributed by atoms with van der Waals surface area (Å²) < 4.78 is 9.62.